The molecule has 1 aliphatic carbocycles. The maximum absolute atomic E-state index is 5.60. The molecule has 3 N–H and O–H groups in total. The summed E-state index contributed by atoms with van der Waals surface area (Å²) in [6, 6.07) is 8.97. The third-order valence-electron chi connectivity index (χ3n) is 3.24. The first-order valence-corrected chi connectivity index (χ1v) is 5.82. The van der Waals surface area contributed by atoms with E-state index in [4.69, 9.17) is 5.84 Å². The smallest absolute Gasteiger partial charge is 0.0460 e. The van der Waals surface area contributed by atoms with E-state index >= 15 is 0 Å². The molecule has 0 saturated heterocycles. The zero-order valence-corrected chi connectivity index (χ0v) is 9.37. The fourth-order valence-corrected chi connectivity index (χ4v) is 1.95. The SMILES string of the molecule is Cc1ccc(C(CCC2CC2)NN)cc1. The van der Waals surface area contributed by atoms with Gasteiger partial charge in [-0.3, -0.25) is 11.3 Å². The molecule has 1 unspecified atom stereocenters. The molecule has 1 saturated carbocycles. The number of benzene rings is 1. The van der Waals surface area contributed by atoms with Crippen LogP contribution in [0.15, 0.2) is 24.3 Å². The second-order valence-electron chi connectivity index (χ2n) is 4.65. The number of rotatable bonds is 5. The first-order valence-electron chi connectivity index (χ1n) is 5.82. The minimum Gasteiger partial charge on any atom is -0.271 e. The molecule has 0 amide bonds. The van der Waals surface area contributed by atoms with E-state index in [2.05, 4.69) is 36.6 Å². The number of nitrogens with one attached hydrogen (secondary N) is 1. The van der Waals surface area contributed by atoms with Crippen LogP contribution in [-0.4, -0.2) is 0 Å². The van der Waals surface area contributed by atoms with Crippen molar-refractivity contribution in [2.45, 2.75) is 38.6 Å². The number of hydrogen-bond donors (Lipinski definition) is 2. The van der Waals surface area contributed by atoms with Gasteiger partial charge in [-0.05, 0) is 31.2 Å². The molecule has 0 heterocycles. The van der Waals surface area contributed by atoms with Gasteiger partial charge in [0.1, 0.15) is 0 Å². The van der Waals surface area contributed by atoms with Crippen molar-refractivity contribution in [2.24, 2.45) is 11.8 Å². The van der Waals surface area contributed by atoms with Gasteiger partial charge in [-0.15, -0.1) is 0 Å². The maximum atomic E-state index is 5.60. The second-order valence-corrected chi connectivity index (χ2v) is 4.65. The Morgan fingerprint density at radius 1 is 1.33 bits per heavy atom. The van der Waals surface area contributed by atoms with Gasteiger partial charge in [0.05, 0.1) is 0 Å². The Kier molecular flexibility index (Phi) is 3.39. The zero-order chi connectivity index (χ0) is 10.7. The van der Waals surface area contributed by atoms with Crippen LogP contribution in [0.1, 0.15) is 42.9 Å². The minimum absolute atomic E-state index is 0.325. The van der Waals surface area contributed by atoms with E-state index < -0.39 is 0 Å². The van der Waals surface area contributed by atoms with E-state index in [-0.39, 0.29) is 0 Å². The van der Waals surface area contributed by atoms with Crippen LogP contribution in [0.5, 0.6) is 0 Å². The van der Waals surface area contributed by atoms with E-state index in [0.29, 0.717) is 6.04 Å². The van der Waals surface area contributed by atoms with E-state index in [1.54, 1.807) is 0 Å². The summed E-state index contributed by atoms with van der Waals surface area (Å²) in [5.41, 5.74) is 5.53. The Bertz CT molecular complexity index is 301. The Labute approximate surface area is 91.8 Å². The van der Waals surface area contributed by atoms with Gasteiger partial charge >= 0.3 is 0 Å². The molecule has 0 aromatic heterocycles. The van der Waals surface area contributed by atoms with Gasteiger partial charge in [0.25, 0.3) is 0 Å². The van der Waals surface area contributed by atoms with E-state index in [0.717, 1.165) is 12.3 Å². The van der Waals surface area contributed by atoms with Crippen LogP contribution in [0.3, 0.4) is 0 Å². The zero-order valence-electron chi connectivity index (χ0n) is 9.37. The van der Waals surface area contributed by atoms with Crippen LogP contribution < -0.4 is 11.3 Å². The third kappa shape index (κ3) is 3.05. The van der Waals surface area contributed by atoms with Crippen molar-refractivity contribution >= 4 is 0 Å². The molecule has 0 aliphatic heterocycles. The summed E-state index contributed by atoms with van der Waals surface area (Å²) < 4.78 is 0. The maximum Gasteiger partial charge on any atom is 0.0460 e. The largest absolute Gasteiger partial charge is 0.271 e. The molecule has 1 atom stereocenters. The van der Waals surface area contributed by atoms with Crippen molar-refractivity contribution < 1.29 is 0 Å². The summed E-state index contributed by atoms with van der Waals surface area (Å²) >= 11 is 0. The number of hydrogen-bond acceptors (Lipinski definition) is 2. The Balaban J connectivity index is 1.94. The number of nitrogens with two attached hydrogens (primary N) is 1. The van der Waals surface area contributed by atoms with Crippen LogP contribution in [0.25, 0.3) is 0 Å². The van der Waals surface area contributed by atoms with Gasteiger partial charge in [0.2, 0.25) is 0 Å². The molecule has 2 heteroatoms. The highest BCUT2D eigenvalue weighted by molar-refractivity contribution is 5.23. The predicted octanol–water partition coefficient (Wildman–Crippen LogP) is 2.69. The summed E-state index contributed by atoms with van der Waals surface area (Å²) in [5.74, 6) is 6.58. The summed E-state index contributed by atoms with van der Waals surface area (Å²) in [5, 5.41) is 0. The Morgan fingerprint density at radius 2 is 2.00 bits per heavy atom. The van der Waals surface area contributed by atoms with Crippen molar-refractivity contribution in [3.63, 3.8) is 0 Å². The first kappa shape index (κ1) is 10.7. The van der Waals surface area contributed by atoms with Gasteiger partial charge in [0, 0.05) is 6.04 Å². The standard InChI is InChI=1S/C13H20N2/c1-10-2-7-12(8-3-10)13(15-14)9-6-11-4-5-11/h2-3,7-8,11,13,15H,4-6,9,14H2,1H3. The molecular weight excluding hydrogens is 184 g/mol. The van der Waals surface area contributed by atoms with Gasteiger partial charge in [-0.2, -0.15) is 0 Å². The van der Waals surface area contributed by atoms with Crippen molar-refractivity contribution in [2.75, 3.05) is 0 Å². The quantitative estimate of drug-likeness (QED) is 0.571. The van der Waals surface area contributed by atoms with Gasteiger partial charge in [-0.1, -0.05) is 42.7 Å². The highest BCUT2D eigenvalue weighted by atomic mass is 15.2. The average Bonchev–Trinajstić information content (AvgIpc) is 3.05. The number of hydrazine groups is 1. The summed E-state index contributed by atoms with van der Waals surface area (Å²) in [4.78, 5) is 0. The molecule has 0 radical (unpaired) electrons. The lowest BCUT2D eigenvalue weighted by atomic mass is 10.0. The van der Waals surface area contributed by atoms with Crippen LogP contribution in [0.2, 0.25) is 0 Å². The monoisotopic (exact) mass is 204 g/mol. The Morgan fingerprint density at radius 3 is 2.53 bits per heavy atom. The molecule has 1 aromatic carbocycles. The molecular formula is C13H20N2. The molecule has 2 nitrogen and oxygen atoms in total. The first-order chi connectivity index (χ1) is 7.29. The lowest BCUT2D eigenvalue weighted by Crippen LogP contribution is -2.28. The lowest BCUT2D eigenvalue weighted by Gasteiger charge is -2.16. The van der Waals surface area contributed by atoms with Crippen LogP contribution in [-0.2, 0) is 0 Å². The molecule has 15 heavy (non-hydrogen) atoms. The fourth-order valence-electron chi connectivity index (χ4n) is 1.95. The minimum atomic E-state index is 0.325. The molecule has 0 spiro atoms. The summed E-state index contributed by atoms with van der Waals surface area (Å²) in [6.45, 7) is 2.11. The van der Waals surface area contributed by atoms with E-state index in [1.165, 1.54) is 30.4 Å². The van der Waals surface area contributed by atoms with Crippen molar-refractivity contribution in [3.8, 4) is 0 Å². The van der Waals surface area contributed by atoms with E-state index in [9.17, 15) is 0 Å². The molecule has 1 fully saturated rings. The Hall–Kier alpha value is -0.860. The van der Waals surface area contributed by atoms with Crippen LogP contribution in [0.4, 0.5) is 0 Å². The summed E-state index contributed by atoms with van der Waals surface area (Å²) in [7, 11) is 0. The van der Waals surface area contributed by atoms with Crippen LogP contribution >= 0.6 is 0 Å². The van der Waals surface area contributed by atoms with Crippen molar-refractivity contribution in [1.29, 1.82) is 0 Å². The van der Waals surface area contributed by atoms with Crippen LogP contribution in [0, 0.1) is 12.8 Å². The van der Waals surface area contributed by atoms with Gasteiger partial charge in [0.15, 0.2) is 0 Å². The highest BCUT2D eigenvalue weighted by Crippen LogP contribution is 2.35. The average molecular weight is 204 g/mol. The van der Waals surface area contributed by atoms with Gasteiger partial charge < -0.3 is 0 Å². The molecule has 82 valence electrons. The normalized spacial score (nSPS) is 17.7. The van der Waals surface area contributed by atoms with Crippen molar-refractivity contribution in [1.82, 2.24) is 5.43 Å². The van der Waals surface area contributed by atoms with E-state index in [1.807, 2.05) is 0 Å². The number of aryl methyl sites for hydroxylation is 1. The predicted molar refractivity (Wildman–Crippen MR) is 63.2 cm³/mol. The fraction of sp³-hybridized carbons (Fsp3) is 0.538. The molecule has 2 rings (SSSR count). The third-order valence-corrected chi connectivity index (χ3v) is 3.24. The van der Waals surface area contributed by atoms with Crippen molar-refractivity contribution in [3.05, 3.63) is 35.4 Å². The van der Waals surface area contributed by atoms with Gasteiger partial charge in [-0.25, -0.2) is 0 Å². The molecule has 1 aliphatic rings. The lowest BCUT2D eigenvalue weighted by molar-refractivity contribution is 0.482. The summed E-state index contributed by atoms with van der Waals surface area (Å²) in [6.07, 6.45) is 5.31. The molecule has 0 bridgehead atoms. The highest BCUT2D eigenvalue weighted by Gasteiger charge is 2.22. The topological polar surface area (TPSA) is 38.0 Å². The molecule has 1 aromatic rings. The second kappa shape index (κ2) is 4.77.